The van der Waals surface area contributed by atoms with Crippen LogP contribution in [0.3, 0.4) is 0 Å². The molecule has 3 N–H and O–H groups in total. The monoisotopic (exact) mass is 217 g/mol. The highest BCUT2D eigenvalue weighted by molar-refractivity contribution is 5.67. The lowest BCUT2D eigenvalue weighted by Crippen LogP contribution is -2.06. The molecule has 5 nitrogen and oxygen atoms in total. The Morgan fingerprint density at radius 1 is 1.38 bits per heavy atom. The molecule has 0 unspecified atom stereocenters. The minimum absolute atomic E-state index is 0.0814. The SMILES string of the molecule is Nc1ccc(-c2cn(CC(=O)O)cn2)cc1. The maximum atomic E-state index is 10.5. The van der Waals surface area contributed by atoms with Gasteiger partial charge < -0.3 is 15.4 Å². The van der Waals surface area contributed by atoms with E-state index in [9.17, 15) is 4.79 Å². The third kappa shape index (κ3) is 2.20. The number of carboxylic acids is 1. The van der Waals surface area contributed by atoms with Crippen molar-refractivity contribution in [3.05, 3.63) is 36.8 Å². The Morgan fingerprint density at radius 3 is 2.69 bits per heavy atom. The van der Waals surface area contributed by atoms with E-state index in [1.807, 2.05) is 12.1 Å². The largest absolute Gasteiger partial charge is 0.480 e. The number of hydrogen-bond donors (Lipinski definition) is 2. The average molecular weight is 217 g/mol. The summed E-state index contributed by atoms with van der Waals surface area (Å²) in [6.07, 6.45) is 3.19. The molecule has 1 aromatic carbocycles. The second-order valence-corrected chi connectivity index (χ2v) is 3.45. The number of hydrogen-bond acceptors (Lipinski definition) is 3. The first-order chi connectivity index (χ1) is 7.65. The van der Waals surface area contributed by atoms with Crippen LogP contribution in [-0.4, -0.2) is 20.6 Å². The van der Waals surface area contributed by atoms with E-state index in [0.717, 1.165) is 11.3 Å². The normalized spacial score (nSPS) is 10.2. The summed E-state index contributed by atoms with van der Waals surface area (Å²) in [5, 5.41) is 8.62. The zero-order valence-corrected chi connectivity index (χ0v) is 8.50. The predicted molar refractivity (Wildman–Crippen MR) is 59.7 cm³/mol. The first kappa shape index (κ1) is 10.2. The topological polar surface area (TPSA) is 81.1 Å². The van der Waals surface area contributed by atoms with Gasteiger partial charge in [0.2, 0.25) is 0 Å². The van der Waals surface area contributed by atoms with Gasteiger partial charge in [0.1, 0.15) is 6.54 Å². The number of benzene rings is 1. The van der Waals surface area contributed by atoms with Gasteiger partial charge in [0.25, 0.3) is 0 Å². The van der Waals surface area contributed by atoms with Crippen LogP contribution in [0.5, 0.6) is 0 Å². The van der Waals surface area contributed by atoms with Crippen molar-refractivity contribution >= 4 is 11.7 Å². The molecule has 0 atom stereocenters. The van der Waals surface area contributed by atoms with Gasteiger partial charge in [-0.05, 0) is 12.1 Å². The summed E-state index contributed by atoms with van der Waals surface area (Å²) in [5.41, 5.74) is 7.91. The lowest BCUT2D eigenvalue weighted by atomic mass is 10.1. The Bertz CT molecular complexity index is 502. The molecule has 1 aromatic heterocycles. The van der Waals surface area contributed by atoms with E-state index in [-0.39, 0.29) is 6.54 Å². The van der Waals surface area contributed by atoms with Crippen molar-refractivity contribution < 1.29 is 9.90 Å². The molecule has 0 aliphatic rings. The van der Waals surface area contributed by atoms with Crippen molar-refractivity contribution in [2.75, 3.05) is 5.73 Å². The number of nitrogens with two attached hydrogens (primary N) is 1. The van der Waals surface area contributed by atoms with Gasteiger partial charge in [0.15, 0.2) is 0 Å². The Kier molecular flexibility index (Phi) is 2.59. The van der Waals surface area contributed by atoms with Gasteiger partial charge in [-0.1, -0.05) is 12.1 Å². The molecule has 1 heterocycles. The average Bonchev–Trinajstić information content (AvgIpc) is 2.66. The van der Waals surface area contributed by atoms with Crippen LogP contribution in [-0.2, 0) is 11.3 Å². The third-order valence-corrected chi connectivity index (χ3v) is 2.16. The van der Waals surface area contributed by atoms with E-state index < -0.39 is 5.97 Å². The Hall–Kier alpha value is -2.30. The summed E-state index contributed by atoms with van der Waals surface area (Å²) in [6, 6.07) is 7.27. The fourth-order valence-corrected chi connectivity index (χ4v) is 1.41. The molecular formula is C11H11N3O2. The van der Waals surface area contributed by atoms with E-state index in [0.29, 0.717) is 5.69 Å². The molecule has 2 aromatic rings. The minimum atomic E-state index is -0.888. The van der Waals surface area contributed by atoms with E-state index in [1.165, 1.54) is 10.9 Å². The highest BCUT2D eigenvalue weighted by Gasteiger charge is 2.04. The zero-order valence-electron chi connectivity index (χ0n) is 8.50. The van der Waals surface area contributed by atoms with Gasteiger partial charge in [0.05, 0.1) is 12.0 Å². The number of carbonyl (C=O) groups is 1. The molecule has 0 aliphatic carbocycles. The van der Waals surface area contributed by atoms with Crippen LogP contribution in [0.2, 0.25) is 0 Å². The quantitative estimate of drug-likeness (QED) is 0.757. The first-order valence-electron chi connectivity index (χ1n) is 4.74. The molecule has 0 fully saturated rings. The fraction of sp³-hybridized carbons (Fsp3) is 0.0909. The van der Waals surface area contributed by atoms with Crippen LogP contribution in [0.25, 0.3) is 11.3 Å². The number of nitrogen functional groups attached to an aromatic ring is 1. The van der Waals surface area contributed by atoms with Crippen LogP contribution >= 0.6 is 0 Å². The van der Waals surface area contributed by atoms with Crippen LogP contribution in [0, 0.1) is 0 Å². The maximum absolute atomic E-state index is 10.5. The third-order valence-electron chi connectivity index (χ3n) is 2.16. The lowest BCUT2D eigenvalue weighted by molar-refractivity contribution is -0.137. The lowest BCUT2D eigenvalue weighted by Gasteiger charge is -1.97. The number of rotatable bonds is 3. The van der Waals surface area contributed by atoms with Crippen molar-refractivity contribution in [1.29, 1.82) is 0 Å². The number of imidazole rings is 1. The molecule has 0 saturated carbocycles. The first-order valence-corrected chi connectivity index (χ1v) is 4.74. The summed E-state index contributed by atoms with van der Waals surface area (Å²) < 4.78 is 1.52. The molecule has 0 bridgehead atoms. The van der Waals surface area contributed by atoms with Gasteiger partial charge in [-0.15, -0.1) is 0 Å². The smallest absolute Gasteiger partial charge is 0.323 e. The number of aromatic nitrogens is 2. The predicted octanol–water partition coefficient (Wildman–Crippen LogP) is 1.22. The molecule has 82 valence electrons. The molecule has 16 heavy (non-hydrogen) atoms. The number of aliphatic carboxylic acids is 1. The fourth-order valence-electron chi connectivity index (χ4n) is 1.41. The van der Waals surface area contributed by atoms with Gasteiger partial charge in [-0.2, -0.15) is 0 Å². The summed E-state index contributed by atoms with van der Waals surface area (Å²) in [4.78, 5) is 14.6. The number of anilines is 1. The molecule has 2 rings (SSSR count). The maximum Gasteiger partial charge on any atom is 0.323 e. The van der Waals surface area contributed by atoms with Crippen LogP contribution in [0.1, 0.15) is 0 Å². The molecule has 0 amide bonds. The van der Waals surface area contributed by atoms with Crippen LogP contribution in [0.4, 0.5) is 5.69 Å². The van der Waals surface area contributed by atoms with Gasteiger partial charge in [-0.3, -0.25) is 4.79 Å². The van der Waals surface area contributed by atoms with E-state index >= 15 is 0 Å². The number of nitrogens with zero attached hydrogens (tertiary/aromatic N) is 2. The van der Waals surface area contributed by atoms with Crippen molar-refractivity contribution in [2.45, 2.75) is 6.54 Å². The zero-order chi connectivity index (χ0) is 11.5. The second kappa shape index (κ2) is 4.06. The Labute approximate surface area is 92.2 Å². The Balaban J connectivity index is 2.24. The molecule has 5 heteroatoms. The highest BCUT2D eigenvalue weighted by Crippen LogP contribution is 2.18. The summed E-state index contributed by atoms with van der Waals surface area (Å²) in [5.74, 6) is -0.888. The van der Waals surface area contributed by atoms with E-state index in [1.54, 1.807) is 18.3 Å². The summed E-state index contributed by atoms with van der Waals surface area (Å²) >= 11 is 0. The molecular weight excluding hydrogens is 206 g/mol. The minimum Gasteiger partial charge on any atom is -0.480 e. The van der Waals surface area contributed by atoms with Crippen molar-refractivity contribution in [1.82, 2.24) is 9.55 Å². The van der Waals surface area contributed by atoms with Gasteiger partial charge >= 0.3 is 5.97 Å². The molecule has 0 radical (unpaired) electrons. The summed E-state index contributed by atoms with van der Waals surface area (Å²) in [6.45, 7) is -0.0814. The van der Waals surface area contributed by atoms with Crippen LogP contribution in [0.15, 0.2) is 36.8 Å². The Morgan fingerprint density at radius 2 is 2.06 bits per heavy atom. The second-order valence-electron chi connectivity index (χ2n) is 3.45. The van der Waals surface area contributed by atoms with Crippen molar-refractivity contribution in [3.8, 4) is 11.3 Å². The van der Waals surface area contributed by atoms with Gasteiger partial charge in [0, 0.05) is 17.4 Å². The molecule has 0 aliphatic heterocycles. The summed E-state index contributed by atoms with van der Waals surface area (Å²) in [7, 11) is 0. The van der Waals surface area contributed by atoms with Gasteiger partial charge in [-0.25, -0.2) is 4.98 Å². The van der Waals surface area contributed by atoms with Crippen molar-refractivity contribution in [3.63, 3.8) is 0 Å². The number of carboxylic acid groups (broad SMARTS) is 1. The van der Waals surface area contributed by atoms with E-state index in [2.05, 4.69) is 4.98 Å². The molecule has 0 spiro atoms. The van der Waals surface area contributed by atoms with Crippen molar-refractivity contribution in [2.24, 2.45) is 0 Å². The van der Waals surface area contributed by atoms with E-state index in [4.69, 9.17) is 10.8 Å². The highest BCUT2D eigenvalue weighted by atomic mass is 16.4. The standard InChI is InChI=1S/C11H11N3O2/c12-9-3-1-8(2-4-9)10-5-14(7-13-10)6-11(15)16/h1-5,7H,6,12H2,(H,15,16). The molecule has 0 saturated heterocycles. The van der Waals surface area contributed by atoms with Crippen LogP contribution < -0.4 is 5.73 Å².